The second kappa shape index (κ2) is 10.1. The summed E-state index contributed by atoms with van der Waals surface area (Å²) >= 11 is 0. The van der Waals surface area contributed by atoms with Crippen LogP contribution in [0.2, 0.25) is 0 Å². The van der Waals surface area contributed by atoms with Gasteiger partial charge in [0.15, 0.2) is 0 Å². The summed E-state index contributed by atoms with van der Waals surface area (Å²) in [5.74, 6) is -1.57. The molecule has 0 bridgehead atoms. The molecule has 1 atom stereocenters. The second-order valence-electron chi connectivity index (χ2n) is 8.67. The highest BCUT2D eigenvalue weighted by Crippen LogP contribution is 2.20. The molecule has 0 fully saturated rings. The topological polar surface area (TPSA) is 86.8 Å². The lowest BCUT2D eigenvalue weighted by atomic mass is 10.1. The maximum absolute atomic E-state index is 13.7. The van der Waals surface area contributed by atoms with Crippen molar-refractivity contribution in [2.24, 2.45) is 0 Å². The molecular formula is C23H30FN3O4S. The maximum atomic E-state index is 13.7. The molecular weight excluding hydrogens is 433 g/mol. The van der Waals surface area contributed by atoms with Crippen molar-refractivity contribution >= 4 is 27.5 Å². The number of halogens is 1. The number of hydrogen-bond acceptors (Lipinski definition) is 4. The monoisotopic (exact) mass is 463 g/mol. The fraction of sp³-hybridized carbons (Fsp3) is 0.391. The summed E-state index contributed by atoms with van der Waals surface area (Å²) in [7, 11) is -3.89. The molecule has 1 N–H and O–H groups in total. The van der Waals surface area contributed by atoms with Crippen LogP contribution in [0.4, 0.5) is 10.1 Å². The van der Waals surface area contributed by atoms with Crippen LogP contribution in [-0.4, -0.2) is 49.5 Å². The molecule has 2 amide bonds. The van der Waals surface area contributed by atoms with Crippen molar-refractivity contribution in [1.82, 2.24) is 10.2 Å². The number of benzene rings is 2. The molecule has 2 aromatic rings. The zero-order valence-corrected chi connectivity index (χ0v) is 19.8. The lowest BCUT2D eigenvalue weighted by Crippen LogP contribution is -2.54. The molecule has 7 nitrogen and oxygen atoms in total. The molecule has 0 aliphatic rings. The van der Waals surface area contributed by atoms with Crippen LogP contribution in [0.1, 0.15) is 33.3 Å². The Morgan fingerprint density at radius 2 is 1.69 bits per heavy atom. The molecule has 0 aromatic heterocycles. The van der Waals surface area contributed by atoms with E-state index < -0.39 is 39.9 Å². The van der Waals surface area contributed by atoms with Gasteiger partial charge in [-0.3, -0.25) is 13.9 Å². The van der Waals surface area contributed by atoms with E-state index in [0.717, 1.165) is 22.2 Å². The minimum Gasteiger partial charge on any atom is -0.350 e. The Labute approximate surface area is 189 Å². The largest absolute Gasteiger partial charge is 0.350 e. The Morgan fingerprint density at radius 3 is 2.22 bits per heavy atom. The fourth-order valence-electron chi connectivity index (χ4n) is 3.08. The molecule has 0 aliphatic heterocycles. The zero-order chi connectivity index (χ0) is 24.1. The summed E-state index contributed by atoms with van der Waals surface area (Å²) in [6, 6.07) is 13.2. The van der Waals surface area contributed by atoms with E-state index in [0.29, 0.717) is 0 Å². The van der Waals surface area contributed by atoms with Crippen molar-refractivity contribution in [2.75, 3.05) is 17.1 Å². The van der Waals surface area contributed by atoms with Gasteiger partial charge in [0.05, 0.1) is 11.9 Å². The van der Waals surface area contributed by atoms with Gasteiger partial charge in [-0.1, -0.05) is 36.4 Å². The summed E-state index contributed by atoms with van der Waals surface area (Å²) in [4.78, 5) is 27.5. The number of amides is 2. The highest BCUT2D eigenvalue weighted by Gasteiger charge is 2.31. The zero-order valence-electron chi connectivity index (χ0n) is 19.0. The Bertz CT molecular complexity index is 1050. The number of hydrogen-bond donors (Lipinski definition) is 1. The molecule has 2 rings (SSSR count). The Morgan fingerprint density at radius 1 is 1.06 bits per heavy atom. The highest BCUT2D eigenvalue weighted by molar-refractivity contribution is 7.92. The lowest BCUT2D eigenvalue weighted by Gasteiger charge is -2.33. The van der Waals surface area contributed by atoms with Crippen LogP contribution in [0.3, 0.4) is 0 Å². The van der Waals surface area contributed by atoms with Crippen LogP contribution in [0.25, 0.3) is 0 Å². The number of nitrogens with one attached hydrogen (secondary N) is 1. The van der Waals surface area contributed by atoms with E-state index in [1.165, 1.54) is 23.1 Å². The number of nitrogens with zero attached hydrogens (tertiary/aromatic N) is 2. The van der Waals surface area contributed by atoms with Gasteiger partial charge in [-0.05, 0) is 51.5 Å². The molecule has 0 unspecified atom stereocenters. The van der Waals surface area contributed by atoms with Gasteiger partial charge < -0.3 is 10.2 Å². The molecule has 0 saturated heterocycles. The molecule has 2 aromatic carbocycles. The summed E-state index contributed by atoms with van der Waals surface area (Å²) in [5.41, 5.74) is 0.313. The maximum Gasteiger partial charge on any atom is 0.244 e. The van der Waals surface area contributed by atoms with Crippen LogP contribution in [0.5, 0.6) is 0 Å². The highest BCUT2D eigenvalue weighted by atomic mass is 32.2. The molecule has 0 heterocycles. The number of rotatable bonds is 8. The molecule has 0 saturated carbocycles. The first kappa shape index (κ1) is 25.3. The minimum atomic E-state index is -3.89. The predicted molar refractivity (Wildman–Crippen MR) is 123 cm³/mol. The third kappa shape index (κ3) is 7.33. The first-order valence-electron chi connectivity index (χ1n) is 10.2. The van der Waals surface area contributed by atoms with Crippen LogP contribution >= 0.6 is 0 Å². The van der Waals surface area contributed by atoms with Gasteiger partial charge >= 0.3 is 0 Å². The van der Waals surface area contributed by atoms with E-state index in [9.17, 15) is 22.4 Å². The Hall–Kier alpha value is -2.94. The van der Waals surface area contributed by atoms with E-state index in [-0.39, 0.29) is 18.1 Å². The first-order valence-corrected chi connectivity index (χ1v) is 12.0. The van der Waals surface area contributed by atoms with E-state index in [1.54, 1.807) is 6.92 Å². The molecule has 32 heavy (non-hydrogen) atoms. The number of anilines is 1. The summed E-state index contributed by atoms with van der Waals surface area (Å²) in [6.07, 6.45) is 0.947. The summed E-state index contributed by atoms with van der Waals surface area (Å²) in [6.45, 7) is 6.62. The van der Waals surface area contributed by atoms with Gasteiger partial charge in [0.25, 0.3) is 0 Å². The summed E-state index contributed by atoms with van der Waals surface area (Å²) < 4.78 is 39.4. The number of carbonyl (C=O) groups excluding carboxylic acids is 2. The SMILES string of the molecule is C[C@H](C(=O)NC(C)(C)C)N(Cc1ccccc1)C(=O)CN(c1cccc(F)c1)S(C)(=O)=O. The van der Waals surface area contributed by atoms with Gasteiger partial charge in [-0.2, -0.15) is 0 Å². The van der Waals surface area contributed by atoms with E-state index >= 15 is 0 Å². The van der Waals surface area contributed by atoms with Gasteiger partial charge in [-0.25, -0.2) is 12.8 Å². The van der Waals surface area contributed by atoms with Crippen LogP contribution in [0.15, 0.2) is 54.6 Å². The molecule has 9 heteroatoms. The predicted octanol–water partition coefficient (Wildman–Crippen LogP) is 2.92. The quantitative estimate of drug-likeness (QED) is 0.652. The van der Waals surface area contributed by atoms with Crippen LogP contribution in [0, 0.1) is 5.82 Å². The van der Waals surface area contributed by atoms with Crippen molar-refractivity contribution < 1.29 is 22.4 Å². The number of carbonyl (C=O) groups is 2. The standard InChI is InChI=1S/C23H30FN3O4S/c1-17(22(29)25-23(2,3)4)26(15-18-10-7-6-8-11-18)21(28)16-27(32(5,30)31)20-13-9-12-19(24)14-20/h6-14,17H,15-16H2,1-5H3,(H,25,29)/t17-/m1/s1. The van der Waals surface area contributed by atoms with Gasteiger partial charge in [0.1, 0.15) is 18.4 Å². The van der Waals surface area contributed by atoms with E-state index in [4.69, 9.17) is 0 Å². The molecule has 0 spiro atoms. The van der Waals surface area contributed by atoms with Crippen LogP contribution < -0.4 is 9.62 Å². The van der Waals surface area contributed by atoms with Crippen molar-refractivity contribution in [2.45, 2.75) is 45.8 Å². The lowest BCUT2D eigenvalue weighted by molar-refractivity contribution is -0.140. The third-order valence-corrected chi connectivity index (χ3v) is 5.78. The first-order chi connectivity index (χ1) is 14.8. The molecule has 0 radical (unpaired) electrons. The average Bonchev–Trinajstić information content (AvgIpc) is 2.68. The Kier molecular flexibility index (Phi) is 8.01. The van der Waals surface area contributed by atoms with Crippen molar-refractivity contribution in [3.63, 3.8) is 0 Å². The molecule has 174 valence electrons. The Balaban J connectivity index is 2.38. The van der Waals surface area contributed by atoms with Gasteiger partial charge in [0.2, 0.25) is 21.8 Å². The second-order valence-corrected chi connectivity index (χ2v) is 10.6. The normalized spacial score (nSPS) is 12.7. The average molecular weight is 464 g/mol. The van der Waals surface area contributed by atoms with Crippen molar-refractivity contribution in [3.8, 4) is 0 Å². The van der Waals surface area contributed by atoms with Gasteiger partial charge in [0, 0.05) is 12.1 Å². The van der Waals surface area contributed by atoms with Crippen molar-refractivity contribution in [1.29, 1.82) is 0 Å². The van der Waals surface area contributed by atoms with Crippen LogP contribution in [-0.2, 0) is 26.2 Å². The fourth-order valence-corrected chi connectivity index (χ4v) is 3.92. The summed E-state index contributed by atoms with van der Waals surface area (Å²) in [5, 5.41) is 2.85. The smallest absolute Gasteiger partial charge is 0.244 e. The van der Waals surface area contributed by atoms with Crippen molar-refractivity contribution in [3.05, 3.63) is 66.0 Å². The minimum absolute atomic E-state index is 0.0345. The number of sulfonamides is 1. The van der Waals surface area contributed by atoms with Gasteiger partial charge in [-0.15, -0.1) is 0 Å². The van der Waals surface area contributed by atoms with E-state index in [2.05, 4.69) is 5.32 Å². The van der Waals surface area contributed by atoms with E-state index in [1.807, 2.05) is 51.1 Å². The molecule has 0 aliphatic carbocycles. The third-order valence-electron chi connectivity index (χ3n) is 4.64.